The van der Waals surface area contributed by atoms with E-state index in [1.807, 2.05) is 0 Å². The molecular formula is C12H26N2O. The van der Waals surface area contributed by atoms with E-state index in [2.05, 4.69) is 24.5 Å². The molecule has 1 fully saturated rings. The molecule has 0 aliphatic carbocycles. The first-order valence-corrected chi connectivity index (χ1v) is 6.31. The predicted octanol–water partition coefficient (Wildman–Crippen LogP) is 1.39. The molecule has 1 unspecified atom stereocenters. The second-order valence-electron chi connectivity index (χ2n) is 4.82. The first-order valence-electron chi connectivity index (χ1n) is 6.31. The Labute approximate surface area is 94.0 Å². The lowest BCUT2D eigenvalue weighted by atomic mass is 10.1. The Morgan fingerprint density at radius 3 is 2.93 bits per heavy atom. The first kappa shape index (κ1) is 12.9. The fraction of sp³-hybridized carbons (Fsp3) is 1.00. The van der Waals surface area contributed by atoms with E-state index in [0.29, 0.717) is 6.04 Å². The Bertz CT molecular complexity index is 145. The highest BCUT2D eigenvalue weighted by Crippen LogP contribution is 2.05. The molecule has 0 bridgehead atoms. The number of hydrogen-bond acceptors (Lipinski definition) is 3. The molecule has 1 aliphatic rings. The third-order valence-corrected chi connectivity index (χ3v) is 2.77. The molecule has 0 saturated carbocycles. The Morgan fingerprint density at radius 2 is 2.27 bits per heavy atom. The summed E-state index contributed by atoms with van der Waals surface area (Å²) in [5.74, 6) is 0.846. The van der Waals surface area contributed by atoms with Crippen LogP contribution < -0.4 is 10.6 Å². The highest BCUT2D eigenvalue weighted by molar-refractivity contribution is 4.72. The van der Waals surface area contributed by atoms with Gasteiger partial charge in [-0.25, -0.2) is 0 Å². The van der Waals surface area contributed by atoms with E-state index in [9.17, 15) is 0 Å². The normalized spacial score (nSPS) is 22.2. The van der Waals surface area contributed by atoms with Crippen LogP contribution in [-0.2, 0) is 4.74 Å². The zero-order valence-corrected chi connectivity index (χ0v) is 10.2. The van der Waals surface area contributed by atoms with Crippen LogP contribution in [0.4, 0.5) is 0 Å². The van der Waals surface area contributed by atoms with Gasteiger partial charge in [-0.1, -0.05) is 26.7 Å². The van der Waals surface area contributed by atoms with Crippen molar-refractivity contribution >= 4 is 0 Å². The highest BCUT2D eigenvalue weighted by Gasteiger charge is 2.11. The first-order chi connectivity index (χ1) is 7.29. The molecule has 15 heavy (non-hydrogen) atoms. The zero-order chi connectivity index (χ0) is 10.9. The molecular weight excluding hydrogens is 188 g/mol. The van der Waals surface area contributed by atoms with E-state index < -0.39 is 0 Å². The lowest BCUT2D eigenvalue weighted by Crippen LogP contribution is -2.47. The van der Waals surface area contributed by atoms with Gasteiger partial charge in [-0.3, -0.25) is 0 Å². The number of unbranched alkanes of at least 4 members (excludes halogenated alkanes) is 1. The van der Waals surface area contributed by atoms with Gasteiger partial charge < -0.3 is 15.4 Å². The molecule has 0 amide bonds. The van der Waals surface area contributed by atoms with Crippen molar-refractivity contribution in [3.05, 3.63) is 0 Å². The van der Waals surface area contributed by atoms with Crippen LogP contribution in [0.5, 0.6) is 0 Å². The minimum absolute atomic E-state index is 0.517. The molecule has 0 aromatic rings. The summed E-state index contributed by atoms with van der Waals surface area (Å²) in [6.45, 7) is 9.49. The monoisotopic (exact) mass is 214 g/mol. The Kier molecular flexibility index (Phi) is 6.98. The van der Waals surface area contributed by atoms with Crippen LogP contribution in [-0.4, -0.2) is 38.9 Å². The fourth-order valence-electron chi connectivity index (χ4n) is 1.83. The van der Waals surface area contributed by atoms with E-state index in [1.54, 1.807) is 0 Å². The molecule has 1 rings (SSSR count). The molecule has 1 atom stereocenters. The van der Waals surface area contributed by atoms with Crippen molar-refractivity contribution < 1.29 is 4.74 Å². The Balaban J connectivity index is 1.83. The van der Waals surface area contributed by atoms with Crippen molar-refractivity contribution in [1.82, 2.24) is 10.6 Å². The quantitative estimate of drug-likeness (QED) is 0.628. The molecule has 0 aromatic carbocycles. The van der Waals surface area contributed by atoms with Crippen molar-refractivity contribution in [2.24, 2.45) is 5.92 Å². The molecule has 3 nitrogen and oxygen atoms in total. The highest BCUT2D eigenvalue weighted by atomic mass is 16.5. The number of nitrogens with one attached hydrogen (secondary N) is 2. The van der Waals surface area contributed by atoms with Gasteiger partial charge in [0, 0.05) is 19.1 Å². The van der Waals surface area contributed by atoms with Crippen molar-refractivity contribution in [3.63, 3.8) is 0 Å². The molecule has 2 N–H and O–H groups in total. The average molecular weight is 214 g/mol. The largest absolute Gasteiger partial charge is 0.378 e. The standard InChI is InChI=1S/C12H26N2O/c1-11(2)5-3-4-6-13-9-12-10-15-8-7-14-12/h11-14H,3-10H2,1-2H3. The van der Waals surface area contributed by atoms with Crippen LogP contribution in [0.2, 0.25) is 0 Å². The molecule has 0 radical (unpaired) electrons. The fourth-order valence-corrected chi connectivity index (χ4v) is 1.83. The topological polar surface area (TPSA) is 33.3 Å². The lowest BCUT2D eigenvalue weighted by Gasteiger charge is -2.24. The molecule has 1 aliphatic heterocycles. The summed E-state index contributed by atoms with van der Waals surface area (Å²) >= 11 is 0. The van der Waals surface area contributed by atoms with Gasteiger partial charge in [0.05, 0.1) is 13.2 Å². The summed E-state index contributed by atoms with van der Waals surface area (Å²) in [5, 5.41) is 6.93. The zero-order valence-electron chi connectivity index (χ0n) is 10.2. The summed E-state index contributed by atoms with van der Waals surface area (Å²) in [7, 11) is 0. The molecule has 0 spiro atoms. The van der Waals surface area contributed by atoms with Crippen molar-refractivity contribution in [2.45, 2.75) is 39.2 Å². The van der Waals surface area contributed by atoms with Crippen molar-refractivity contribution in [1.29, 1.82) is 0 Å². The second-order valence-corrected chi connectivity index (χ2v) is 4.82. The van der Waals surface area contributed by atoms with Gasteiger partial charge in [0.2, 0.25) is 0 Å². The summed E-state index contributed by atoms with van der Waals surface area (Å²) in [5.41, 5.74) is 0. The molecule has 1 saturated heterocycles. The minimum atomic E-state index is 0.517. The van der Waals surface area contributed by atoms with Gasteiger partial charge in [0.1, 0.15) is 0 Å². The van der Waals surface area contributed by atoms with Crippen LogP contribution in [0, 0.1) is 5.92 Å². The number of hydrogen-bond donors (Lipinski definition) is 2. The van der Waals surface area contributed by atoms with Crippen molar-refractivity contribution in [2.75, 3.05) is 32.8 Å². The molecule has 90 valence electrons. The van der Waals surface area contributed by atoms with Crippen LogP contribution >= 0.6 is 0 Å². The smallest absolute Gasteiger partial charge is 0.0632 e. The van der Waals surface area contributed by atoms with Gasteiger partial charge in [0.25, 0.3) is 0 Å². The van der Waals surface area contributed by atoms with Gasteiger partial charge in [-0.15, -0.1) is 0 Å². The Hall–Kier alpha value is -0.120. The SMILES string of the molecule is CC(C)CCCCNCC1COCCN1. The molecule has 0 aromatic heterocycles. The van der Waals surface area contributed by atoms with Crippen molar-refractivity contribution in [3.8, 4) is 0 Å². The molecule has 3 heteroatoms. The maximum absolute atomic E-state index is 5.39. The average Bonchev–Trinajstić information content (AvgIpc) is 2.24. The third-order valence-electron chi connectivity index (χ3n) is 2.77. The van der Waals surface area contributed by atoms with E-state index in [1.165, 1.54) is 19.3 Å². The minimum Gasteiger partial charge on any atom is -0.378 e. The maximum atomic E-state index is 5.39. The predicted molar refractivity (Wildman–Crippen MR) is 64.2 cm³/mol. The number of morpholine rings is 1. The van der Waals surface area contributed by atoms with Gasteiger partial charge in [-0.05, 0) is 18.9 Å². The Morgan fingerprint density at radius 1 is 1.40 bits per heavy atom. The van der Waals surface area contributed by atoms with Gasteiger partial charge in [0.15, 0.2) is 0 Å². The summed E-state index contributed by atoms with van der Waals surface area (Å²) in [4.78, 5) is 0. The second kappa shape index (κ2) is 8.08. The molecule has 1 heterocycles. The van der Waals surface area contributed by atoms with E-state index >= 15 is 0 Å². The van der Waals surface area contributed by atoms with Gasteiger partial charge in [-0.2, -0.15) is 0 Å². The summed E-state index contributed by atoms with van der Waals surface area (Å²) in [6, 6.07) is 0.517. The van der Waals surface area contributed by atoms with Crippen LogP contribution in [0.1, 0.15) is 33.1 Å². The maximum Gasteiger partial charge on any atom is 0.0632 e. The summed E-state index contributed by atoms with van der Waals surface area (Å²) in [6.07, 6.45) is 4.00. The van der Waals surface area contributed by atoms with Crippen LogP contribution in [0.25, 0.3) is 0 Å². The summed E-state index contributed by atoms with van der Waals surface area (Å²) < 4.78 is 5.39. The van der Waals surface area contributed by atoms with E-state index in [-0.39, 0.29) is 0 Å². The van der Waals surface area contributed by atoms with E-state index in [0.717, 1.165) is 38.8 Å². The van der Waals surface area contributed by atoms with E-state index in [4.69, 9.17) is 4.74 Å². The lowest BCUT2D eigenvalue weighted by molar-refractivity contribution is 0.0767. The van der Waals surface area contributed by atoms with Crippen LogP contribution in [0.15, 0.2) is 0 Å². The number of ether oxygens (including phenoxy) is 1. The number of rotatable bonds is 7. The van der Waals surface area contributed by atoms with Gasteiger partial charge >= 0.3 is 0 Å². The third kappa shape index (κ3) is 6.88. The van der Waals surface area contributed by atoms with Crippen LogP contribution in [0.3, 0.4) is 0 Å².